The average molecular weight is 357 g/mol. The Balaban J connectivity index is 0. The monoisotopic (exact) mass is 356 g/mol. The van der Waals surface area contributed by atoms with Crippen LogP contribution >= 0.6 is 0 Å². The fourth-order valence-corrected chi connectivity index (χ4v) is 3.30. The van der Waals surface area contributed by atoms with Crippen molar-refractivity contribution >= 4 is 0 Å². The average Bonchev–Trinajstić information content (AvgIpc) is 3.50. The van der Waals surface area contributed by atoms with Crippen molar-refractivity contribution in [1.82, 2.24) is 9.80 Å². The lowest BCUT2D eigenvalue weighted by atomic mass is 9.89. The van der Waals surface area contributed by atoms with Gasteiger partial charge in [-0.1, -0.05) is 62.3 Å². The van der Waals surface area contributed by atoms with Gasteiger partial charge in [0.05, 0.1) is 0 Å². The van der Waals surface area contributed by atoms with Crippen molar-refractivity contribution in [3.8, 4) is 0 Å². The topological polar surface area (TPSA) is 6.48 Å². The van der Waals surface area contributed by atoms with E-state index in [1.54, 1.807) is 0 Å². The molecule has 2 saturated heterocycles. The first-order valence-corrected chi connectivity index (χ1v) is 11.5. The highest BCUT2D eigenvalue weighted by atomic mass is 15.2. The smallest absolute Gasteiger partial charge is 0.00964 e. The molecule has 2 atom stereocenters. The van der Waals surface area contributed by atoms with Crippen LogP contribution in [0.25, 0.3) is 0 Å². The summed E-state index contributed by atoms with van der Waals surface area (Å²) >= 11 is 0. The van der Waals surface area contributed by atoms with Crippen molar-refractivity contribution in [3.63, 3.8) is 0 Å². The highest BCUT2D eigenvalue weighted by molar-refractivity contribution is 4.86. The van der Waals surface area contributed by atoms with Crippen LogP contribution in [-0.2, 0) is 0 Å². The maximum absolute atomic E-state index is 2.68. The highest BCUT2D eigenvalue weighted by Gasteiger charge is 2.30. The van der Waals surface area contributed by atoms with E-state index in [0.717, 1.165) is 23.8 Å². The van der Waals surface area contributed by atoms with E-state index in [0.29, 0.717) is 0 Å². The second-order valence-electron chi connectivity index (χ2n) is 7.46. The molecule has 0 radical (unpaired) electrons. The molecule has 0 N–H and O–H groups in total. The maximum atomic E-state index is 2.68. The Morgan fingerprint density at radius 2 is 1.08 bits per heavy atom. The van der Waals surface area contributed by atoms with Gasteiger partial charge in [-0.15, -0.1) is 0 Å². The minimum absolute atomic E-state index is 0.906. The van der Waals surface area contributed by atoms with Crippen molar-refractivity contribution in [2.45, 2.75) is 100 Å². The first-order valence-electron chi connectivity index (χ1n) is 11.5. The summed E-state index contributed by atoms with van der Waals surface area (Å²) in [5.41, 5.74) is 0. The Kier molecular flexibility index (Phi) is 18.8. The van der Waals surface area contributed by atoms with E-state index in [4.69, 9.17) is 0 Å². The molecule has 2 unspecified atom stereocenters. The van der Waals surface area contributed by atoms with Crippen LogP contribution in [0.2, 0.25) is 0 Å². The predicted octanol–water partition coefficient (Wildman–Crippen LogP) is 6.55. The predicted molar refractivity (Wildman–Crippen MR) is 117 cm³/mol. The van der Waals surface area contributed by atoms with Crippen LogP contribution in [-0.4, -0.2) is 49.1 Å². The van der Waals surface area contributed by atoms with Crippen molar-refractivity contribution < 1.29 is 0 Å². The molecule has 2 heterocycles. The van der Waals surface area contributed by atoms with Gasteiger partial charge in [-0.25, -0.2) is 0 Å². The van der Waals surface area contributed by atoms with Gasteiger partial charge in [-0.3, -0.25) is 0 Å². The molecule has 2 nitrogen and oxygen atoms in total. The minimum Gasteiger partial charge on any atom is -0.306 e. The summed E-state index contributed by atoms with van der Waals surface area (Å²) in [6, 6.07) is 1.01. The van der Waals surface area contributed by atoms with Crippen LogP contribution in [0.1, 0.15) is 94.4 Å². The van der Waals surface area contributed by atoms with Crippen LogP contribution < -0.4 is 0 Å². The van der Waals surface area contributed by atoms with Crippen LogP contribution in [0.3, 0.4) is 0 Å². The van der Waals surface area contributed by atoms with Gasteiger partial charge >= 0.3 is 0 Å². The summed E-state index contributed by atoms with van der Waals surface area (Å²) in [6.45, 7) is 24.4. The molecule has 3 aliphatic rings. The third-order valence-corrected chi connectivity index (χ3v) is 5.42. The summed E-state index contributed by atoms with van der Waals surface area (Å²) in [5.74, 6) is 2.85. The molecular weight excluding hydrogens is 304 g/mol. The fourth-order valence-electron chi connectivity index (χ4n) is 3.30. The summed E-state index contributed by atoms with van der Waals surface area (Å²) in [4.78, 5) is 5.10. The largest absolute Gasteiger partial charge is 0.306 e. The van der Waals surface area contributed by atoms with Crippen LogP contribution in [0.15, 0.2) is 0 Å². The molecule has 0 aromatic rings. The molecular formula is C23H52N2. The maximum Gasteiger partial charge on any atom is 0.00964 e. The standard InChI is InChI=1S/C9H17N.C8H17N.3C2H6/c1-8-4-6-10(7-5-8)9-2-3-9;1-7-4-5-9(3)6-8(7)2;3*1-2/h8-9H,2-7H2,1H3;7-8H,4-6H2,1-3H3;3*1-2H3. The Morgan fingerprint density at radius 1 is 0.600 bits per heavy atom. The van der Waals surface area contributed by atoms with E-state index >= 15 is 0 Å². The van der Waals surface area contributed by atoms with Gasteiger partial charge in [0, 0.05) is 12.6 Å². The van der Waals surface area contributed by atoms with Crippen molar-refractivity contribution in [2.24, 2.45) is 17.8 Å². The molecule has 0 aromatic heterocycles. The van der Waals surface area contributed by atoms with Gasteiger partial charge in [-0.05, 0) is 76.5 Å². The van der Waals surface area contributed by atoms with E-state index in [-0.39, 0.29) is 0 Å². The molecule has 2 aliphatic heterocycles. The molecule has 0 spiro atoms. The molecule has 3 fully saturated rings. The molecule has 0 amide bonds. The van der Waals surface area contributed by atoms with E-state index in [2.05, 4.69) is 37.6 Å². The lowest BCUT2D eigenvalue weighted by Gasteiger charge is -2.32. The molecule has 1 saturated carbocycles. The Morgan fingerprint density at radius 3 is 1.44 bits per heavy atom. The molecule has 154 valence electrons. The molecule has 1 aliphatic carbocycles. The summed E-state index contributed by atoms with van der Waals surface area (Å²) < 4.78 is 0. The Hall–Kier alpha value is -0.0800. The molecule has 0 aromatic carbocycles. The summed E-state index contributed by atoms with van der Waals surface area (Å²) in [7, 11) is 2.21. The zero-order valence-corrected chi connectivity index (χ0v) is 19.6. The number of hydrogen-bond acceptors (Lipinski definition) is 2. The van der Waals surface area contributed by atoms with Gasteiger partial charge in [-0.2, -0.15) is 0 Å². The minimum atomic E-state index is 0.906. The van der Waals surface area contributed by atoms with E-state index < -0.39 is 0 Å². The normalized spacial score (nSPS) is 27.1. The third-order valence-electron chi connectivity index (χ3n) is 5.42. The van der Waals surface area contributed by atoms with Crippen molar-refractivity contribution in [3.05, 3.63) is 0 Å². The molecule has 2 heteroatoms. The van der Waals surface area contributed by atoms with Gasteiger partial charge in [0.1, 0.15) is 0 Å². The fraction of sp³-hybridized carbons (Fsp3) is 1.00. The van der Waals surface area contributed by atoms with Crippen molar-refractivity contribution in [2.75, 3.05) is 33.2 Å². The lowest BCUT2D eigenvalue weighted by molar-refractivity contribution is 0.166. The SMILES string of the molecule is CC.CC.CC.CC1CCN(C)CC1C.CC1CCN(C2CC2)CC1. The van der Waals surface area contributed by atoms with E-state index in [1.165, 1.54) is 58.3 Å². The second-order valence-corrected chi connectivity index (χ2v) is 7.46. The van der Waals surface area contributed by atoms with E-state index in [9.17, 15) is 0 Å². The van der Waals surface area contributed by atoms with Crippen LogP contribution in [0.5, 0.6) is 0 Å². The van der Waals surface area contributed by atoms with Gasteiger partial charge < -0.3 is 9.80 Å². The number of hydrogen-bond donors (Lipinski definition) is 0. The summed E-state index contributed by atoms with van der Waals surface area (Å²) in [6.07, 6.45) is 7.23. The third kappa shape index (κ3) is 12.8. The zero-order valence-electron chi connectivity index (χ0n) is 19.6. The number of rotatable bonds is 1. The molecule has 3 rings (SSSR count). The Labute approximate surface area is 161 Å². The number of piperidine rings is 2. The summed E-state index contributed by atoms with van der Waals surface area (Å²) in [5, 5.41) is 0. The first-order chi connectivity index (χ1) is 12.1. The Bertz CT molecular complexity index is 255. The van der Waals surface area contributed by atoms with Gasteiger partial charge in [0.15, 0.2) is 0 Å². The lowest BCUT2D eigenvalue weighted by Crippen LogP contribution is -2.35. The van der Waals surface area contributed by atoms with Crippen LogP contribution in [0, 0.1) is 17.8 Å². The molecule has 25 heavy (non-hydrogen) atoms. The second kappa shape index (κ2) is 17.3. The first kappa shape index (κ1) is 27.1. The van der Waals surface area contributed by atoms with Crippen LogP contribution in [0.4, 0.5) is 0 Å². The van der Waals surface area contributed by atoms with Gasteiger partial charge in [0.2, 0.25) is 0 Å². The van der Waals surface area contributed by atoms with E-state index in [1.807, 2.05) is 41.5 Å². The van der Waals surface area contributed by atoms with Gasteiger partial charge in [0.25, 0.3) is 0 Å². The number of nitrogens with zero attached hydrogens (tertiary/aromatic N) is 2. The molecule has 0 bridgehead atoms. The quantitative estimate of drug-likeness (QED) is 0.525. The number of likely N-dealkylation sites (tertiary alicyclic amines) is 2. The highest BCUT2D eigenvalue weighted by Crippen LogP contribution is 2.30. The van der Waals surface area contributed by atoms with Crippen molar-refractivity contribution in [1.29, 1.82) is 0 Å². The zero-order chi connectivity index (χ0) is 19.8.